The summed E-state index contributed by atoms with van der Waals surface area (Å²) in [7, 11) is 1.70. The van der Waals surface area contributed by atoms with Gasteiger partial charge in [-0.05, 0) is 93.6 Å². The van der Waals surface area contributed by atoms with E-state index in [-0.39, 0.29) is 24.0 Å². The number of likely N-dealkylation sites (tertiary alicyclic amines) is 2. The third-order valence-corrected chi connectivity index (χ3v) is 8.22. The van der Waals surface area contributed by atoms with Gasteiger partial charge in [-0.1, -0.05) is 6.07 Å². The lowest BCUT2D eigenvalue weighted by atomic mass is 9.96. The van der Waals surface area contributed by atoms with Crippen molar-refractivity contribution in [2.75, 3.05) is 46.5 Å². The van der Waals surface area contributed by atoms with Gasteiger partial charge in [-0.25, -0.2) is 0 Å². The maximum Gasteiger partial charge on any atom is 0.416 e. The first-order valence-corrected chi connectivity index (χ1v) is 13.8. The molecular formula is C30H40F3N3O3. The van der Waals surface area contributed by atoms with Crippen molar-refractivity contribution < 1.29 is 27.4 Å². The number of ether oxygens (including phenoxy) is 2. The summed E-state index contributed by atoms with van der Waals surface area (Å²) in [6.45, 7) is 11.0. The molecule has 2 fully saturated rings. The fourth-order valence-corrected chi connectivity index (χ4v) is 5.83. The standard InChI is InChI=1S/C30H40F3N3O3/c1-20-21(2)28(39-15-6-5-13-34-14-16-38-4)12-11-27(20)22(3)35-18-26-17-25(35)19-36(26)29(37)23-7-9-24(10-8-23)30(31,32)33/h7-12,22,25-26,34H,5-6,13-19H2,1-4H3/t22-,25-,26-/m0/s1. The fraction of sp³-hybridized carbons (Fsp3) is 0.567. The second kappa shape index (κ2) is 12.7. The maximum atomic E-state index is 13.1. The van der Waals surface area contributed by atoms with Crippen LogP contribution >= 0.6 is 0 Å². The number of nitrogens with one attached hydrogen (secondary N) is 1. The number of carbonyl (C=O) groups is 1. The van der Waals surface area contributed by atoms with Gasteiger partial charge in [0.05, 0.1) is 18.8 Å². The molecule has 6 nitrogen and oxygen atoms in total. The molecule has 0 radical (unpaired) electrons. The van der Waals surface area contributed by atoms with Gasteiger partial charge in [-0.15, -0.1) is 0 Å². The molecule has 2 saturated heterocycles. The van der Waals surface area contributed by atoms with Gasteiger partial charge in [-0.2, -0.15) is 13.2 Å². The molecule has 2 heterocycles. The van der Waals surface area contributed by atoms with Gasteiger partial charge < -0.3 is 19.7 Å². The Morgan fingerprint density at radius 3 is 2.38 bits per heavy atom. The average Bonchev–Trinajstić information content (AvgIpc) is 3.53. The number of unbranched alkanes of at least 4 members (excludes halogenated alkanes) is 1. The summed E-state index contributed by atoms with van der Waals surface area (Å²) in [4.78, 5) is 17.4. The Labute approximate surface area is 229 Å². The Morgan fingerprint density at radius 1 is 1.00 bits per heavy atom. The molecule has 214 valence electrons. The molecular weight excluding hydrogens is 507 g/mol. The summed E-state index contributed by atoms with van der Waals surface area (Å²) in [5, 5.41) is 3.34. The highest BCUT2D eigenvalue weighted by atomic mass is 19.4. The number of piperazine rings is 1. The monoisotopic (exact) mass is 547 g/mol. The Bertz CT molecular complexity index is 1120. The fourth-order valence-electron chi connectivity index (χ4n) is 5.83. The van der Waals surface area contributed by atoms with Gasteiger partial charge in [-0.3, -0.25) is 9.69 Å². The van der Waals surface area contributed by atoms with E-state index in [1.807, 2.05) is 4.90 Å². The molecule has 39 heavy (non-hydrogen) atoms. The van der Waals surface area contributed by atoms with Gasteiger partial charge >= 0.3 is 6.18 Å². The van der Waals surface area contributed by atoms with Crippen LogP contribution in [0.1, 0.15) is 64.8 Å². The summed E-state index contributed by atoms with van der Waals surface area (Å²) < 4.78 is 49.8. The lowest BCUT2D eigenvalue weighted by Gasteiger charge is -2.38. The Balaban J connectivity index is 1.31. The number of amides is 1. The summed E-state index contributed by atoms with van der Waals surface area (Å²) in [5.74, 6) is 0.731. The van der Waals surface area contributed by atoms with E-state index in [9.17, 15) is 18.0 Å². The zero-order valence-corrected chi connectivity index (χ0v) is 23.3. The zero-order chi connectivity index (χ0) is 28.2. The Hall–Kier alpha value is -2.62. The minimum atomic E-state index is -4.41. The minimum Gasteiger partial charge on any atom is -0.493 e. The Kier molecular flexibility index (Phi) is 9.56. The molecule has 2 bridgehead atoms. The topological polar surface area (TPSA) is 54.0 Å². The summed E-state index contributed by atoms with van der Waals surface area (Å²) in [6.07, 6.45) is -1.49. The smallest absolute Gasteiger partial charge is 0.416 e. The van der Waals surface area contributed by atoms with E-state index < -0.39 is 11.7 Å². The Morgan fingerprint density at radius 2 is 1.74 bits per heavy atom. The zero-order valence-electron chi connectivity index (χ0n) is 23.3. The number of halogens is 3. The normalized spacial score (nSPS) is 20.0. The minimum absolute atomic E-state index is 0.0697. The van der Waals surface area contributed by atoms with Crippen molar-refractivity contribution in [3.05, 3.63) is 64.2 Å². The van der Waals surface area contributed by atoms with Crippen molar-refractivity contribution >= 4 is 5.91 Å². The first-order valence-electron chi connectivity index (χ1n) is 13.8. The van der Waals surface area contributed by atoms with Crippen LogP contribution in [0.2, 0.25) is 0 Å². The van der Waals surface area contributed by atoms with Crippen molar-refractivity contribution in [1.82, 2.24) is 15.1 Å². The van der Waals surface area contributed by atoms with Crippen LogP contribution in [-0.4, -0.2) is 74.3 Å². The van der Waals surface area contributed by atoms with E-state index in [1.165, 1.54) is 23.3 Å². The van der Waals surface area contributed by atoms with Crippen molar-refractivity contribution in [2.45, 2.75) is 64.3 Å². The molecule has 0 aromatic heterocycles. The van der Waals surface area contributed by atoms with Gasteiger partial charge in [0.2, 0.25) is 0 Å². The quantitative estimate of drug-likeness (QED) is 0.362. The predicted molar refractivity (Wildman–Crippen MR) is 145 cm³/mol. The van der Waals surface area contributed by atoms with Crippen molar-refractivity contribution in [3.63, 3.8) is 0 Å². The van der Waals surface area contributed by atoms with Crippen LogP contribution in [-0.2, 0) is 10.9 Å². The molecule has 0 spiro atoms. The third kappa shape index (κ3) is 6.76. The molecule has 2 aromatic carbocycles. The van der Waals surface area contributed by atoms with Crippen molar-refractivity contribution in [3.8, 4) is 5.75 Å². The number of nitrogens with zero attached hydrogens (tertiary/aromatic N) is 2. The molecule has 9 heteroatoms. The van der Waals surface area contributed by atoms with Crippen LogP contribution in [0, 0.1) is 13.8 Å². The highest BCUT2D eigenvalue weighted by Gasteiger charge is 2.47. The molecule has 1 amide bonds. The van der Waals surface area contributed by atoms with Crippen LogP contribution in [0.4, 0.5) is 13.2 Å². The molecule has 0 unspecified atom stereocenters. The lowest BCUT2D eigenvalue weighted by molar-refractivity contribution is -0.137. The van der Waals surface area contributed by atoms with E-state index in [0.29, 0.717) is 18.7 Å². The second-order valence-corrected chi connectivity index (χ2v) is 10.7. The molecule has 3 atom stereocenters. The van der Waals surface area contributed by atoms with Gasteiger partial charge in [0, 0.05) is 50.4 Å². The number of fused-ring (bicyclic) bond motifs is 2. The molecule has 1 N–H and O–H groups in total. The second-order valence-electron chi connectivity index (χ2n) is 10.7. The van der Waals surface area contributed by atoms with Gasteiger partial charge in [0.15, 0.2) is 0 Å². The van der Waals surface area contributed by atoms with Crippen LogP contribution in [0.3, 0.4) is 0 Å². The van der Waals surface area contributed by atoms with E-state index in [1.54, 1.807) is 7.11 Å². The number of rotatable bonds is 12. The molecule has 4 rings (SSSR count). The van der Waals surface area contributed by atoms with Gasteiger partial charge in [0.25, 0.3) is 5.91 Å². The molecule has 2 aromatic rings. The summed E-state index contributed by atoms with van der Waals surface area (Å²) in [5.41, 5.74) is 3.20. The molecule has 0 saturated carbocycles. The van der Waals surface area contributed by atoms with Crippen molar-refractivity contribution in [2.24, 2.45) is 0 Å². The number of alkyl halides is 3. The van der Waals surface area contributed by atoms with E-state index >= 15 is 0 Å². The largest absolute Gasteiger partial charge is 0.493 e. The van der Waals surface area contributed by atoms with Crippen LogP contribution in [0.5, 0.6) is 5.75 Å². The van der Waals surface area contributed by atoms with Crippen LogP contribution in [0.15, 0.2) is 36.4 Å². The van der Waals surface area contributed by atoms with E-state index in [4.69, 9.17) is 9.47 Å². The first-order chi connectivity index (χ1) is 18.6. The van der Waals surface area contributed by atoms with E-state index in [2.05, 4.69) is 43.1 Å². The first kappa shape index (κ1) is 29.4. The maximum absolute atomic E-state index is 13.1. The van der Waals surface area contributed by atoms with Crippen LogP contribution in [0.25, 0.3) is 0 Å². The highest BCUT2D eigenvalue weighted by molar-refractivity contribution is 5.94. The summed E-state index contributed by atoms with van der Waals surface area (Å²) >= 11 is 0. The van der Waals surface area contributed by atoms with Gasteiger partial charge in [0.1, 0.15) is 5.75 Å². The number of methoxy groups -OCH3 is 1. The molecule has 0 aliphatic carbocycles. The molecule has 2 aliphatic rings. The molecule has 2 aliphatic heterocycles. The van der Waals surface area contributed by atoms with Crippen LogP contribution < -0.4 is 10.1 Å². The van der Waals surface area contributed by atoms with E-state index in [0.717, 1.165) is 68.9 Å². The number of benzene rings is 2. The SMILES string of the molecule is COCCNCCCCOc1ccc([C@H](C)N2C[C@@H]3C[C@H]2CN3C(=O)c2ccc(C(F)(F)F)cc2)c(C)c1C. The average molecular weight is 548 g/mol. The number of hydrogen-bond acceptors (Lipinski definition) is 5. The number of carbonyl (C=O) groups excluding carboxylic acids is 1. The summed E-state index contributed by atoms with van der Waals surface area (Å²) in [6, 6.07) is 9.25. The predicted octanol–water partition coefficient (Wildman–Crippen LogP) is 5.38. The third-order valence-electron chi connectivity index (χ3n) is 8.22. The lowest BCUT2D eigenvalue weighted by Crippen LogP contribution is -2.49. The highest BCUT2D eigenvalue weighted by Crippen LogP contribution is 2.40. The number of hydrogen-bond donors (Lipinski definition) is 1. The van der Waals surface area contributed by atoms with Crippen molar-refractivity contribution in [1.29, 1.82) is 0 Å².